The highest BCUT2D eigenvalue weighted by Gasteiger charge is 2.20. The number of aryl methyl sites for hydroxylation is 1. The van der Waals surface area contributed by atoms with Crippen LogP contribution in [0.15, 0.2) is 54.4 Å². The molecule has 0 radical (unpaired) electrons. The summed E-state index contributed by atoms with van der Waals surface area (Å²) < 4.78 is 11.7. The van der Waals surface area contributed by atoms with Crippen LogP contribution in [0.1, 0.15) is 11.1 Å². The second kappa shape index (κ2) is 7.30. The van der Waals surface area contributed by atoms with Gasteiger partial charge in [-0.25, -0.2) is 0 Å². The van der Waals surface area contributed by atoms with Crippen LogP contribution in [0.5, 0.6) is 11.5 Å². The Hall–Kier alpha value is -2.66. The fourth-order valence-electron chi connectivity index (χ4n) is 3.43. The largest absolute Gasteiger partial charge is 0.482 e. The monoisotopic (exact) mass is 352 g/mol. The van der Waals surface area contributed by atoms with Gasteiger partial charge >= 0.3 is 0 Å². The molecule has 2 aromatic carbocycles. The van der Waals surface area contributed by atoms with Gasteiger partial charge in [0.2, 0.25) is 0 Å². The number of fused-ring (bicyclic) bond motifs is 1. The molecular weight excluding hydrogens is 328 g/mol. The van der Waals surface area contributed by atoms with Crippen molar-refractivity contribution in [2.75, 3.05) is 37.7 Å². The minimum absolute atomic E-state index is 0.0815. The number of benzene rings is 2. The number of anilines is 1. The van der Waals surface area contributed by atoms with Crippen LogP contribution in [-0.2, 0) is 6.61 Å². The Labute approximate surface area is 154 Å². The summed E-state index contributed by atoms with van der Waals surface area (Å²) in [5, 5.41) is 9.39. The highest BCUT2D eigenvalue weighted by Crippen LogP contribution is 2.32. The van der Waals surface area contributed by atoms with Gasteiger partial charge in [0.1, 0.15) is 6.61 Å². The van der Waals surface area contributed by atoms with Crippen molar-refractivity contribution in [3.05, 3.63) is 65.6 Å². The van der Waals surface area contributed by atoms with Gasteiger partial charge in [0.05, 0.1) is 6.61 Å². The lowest BCUT2D eigenvalue weighted by Gasteiger charge is -2.37. The Bertz CT molecular complexity index is 811. The molecule has 0 aromatic heterocycles. The summed E-state index contributed by atoms with van der Waals surface area (Å²) >= 11 is 0. The standard InChI is InChI=1S/C21H24N2O3/c1-16-6-7-17(14-24)12-19(16)23-10-8-22(9-11-23)13-18-15-25-20-4-2-3-5-21(20)26-18/h2-7,12-13,24H,8-11,14-15H2,1H3/b18-13-. The van der Waals surface area contributed by atoms with Gasteiger partial charge in [-0.1, -0.05) is 24.3 Å². The second-order valence-electron chi connectivity index (χ2n) is 6.73. The summed E-state index contributed by atoms with van der Waals surface area (Å²) in [4.78, 5) is 4.67. The van der Waals surface area contributed by atoms with Crippen molar-refractivity contribution in [2.45, 2.75) is 13.5 Å². The van der Waals surface area contributed by atoms with Gasteiger partial charge in [0, 0.05) is 38.1 Å². The highest BCUT2D eigenvalue weighted by atomic mass is 16.6. The van der Waals surface area contributed by atoms with E-state index in [9.17, 15) is 5.11 Å². The maximum absolute atomic E-state index is 9.39. The Kier molecular flexibility index (Phi) is 4.71. The molecule has 0 unspecified atom stereocenters. The molecule has 1 N–H and O–H groups in total. The molecule has 1 fully saturated rings. The molecule has 5 nitrogen and oxygen atoms in total. The van der Waals surface area contributed by atoms with Crippen molar-refractivity contribution in [3.63, 3.8) is 0 Å². The molecule has 2 aromatic rings. The third kappa shape index (κ3) is 3.48. The van der Waals surface area contributed by atoms with Gasteiger partial charge in [-0.05, 0) is 36.2 Å². The number of aliphatic hydroxyl groups is 1. The maximum Gasteiger partial charge on any atom is 0.169 e. The lowest BCUT2D eigenvalue weighted by molar-refractivity contribution is 0.220. The molecular formula is C21H24N2O3. The number of hydrogen-bond donors (Lipinski definition) is 1. The molecule has 0 spiro atoms. The number of ether oxygens (including phenoxy) is 2. The third-order valence-corrected chi connectivity index (χ3v) is 4.90. The van der Waals surface area contributed by atoms with Crippen LogP contribution in [0.3, 0.4) is 0 Å². The summed E-state index contributed by atoms with van der Waals surface area (Å²) in [6.45, 7) is 6.41. The van der Waals surface area contributed by atoms with Crippen molar-refractivity contribution < 1.29 is 14.6 Å². The molecule has 2 aliphatic heterocycles. The van der Waals surface area contributed by atoms with Crippen LogP contribution in [0.4, 0.5) is 5.69 Å². The van der Waals surface area contributed by atoms with Crippen LogP contribution in [0.2, 0.25) is 0 Å². The van der Waals surface area contributed by atoms with Crippen molar-refractivity contribution in [2.24, 2.45) is 0 Å². The SMILES string of the molecule is Cc1ccc(CO)cc1N1CCN(/C=C2/COc3ccccc3O2)CC1. The molecule has 5 heteroatoms. The normalized spacial score (nSPS) is 18.3. The average molecular weight is 352 g/mol. The van der Waals surface area contributed by atoms with Gasteiger partial charge in [-0.2, -0.15) is 0 Å². The van der Waals surface area contributed by atoms with Crippen LogP contribution >= 0.6 is 0 Å². The number of rotatable bonds is 3. The fourth-order valence-corrected chi connectivity index (χ4v) is 3.43. The number of aliphatic hydroxyl groups excluding tert-OH is 1. The molecule has 0 saturated carbocycles. The molecule has 26 heavy (non-hydrogen) atoms. The number of hydrogen-bond acceptors (Lipinski definition) is 5. The van der Waals surface area contributed by atoms with Crippen molar-refractivity contribution in [3.8, 4) is 11.5 Å². The summed E-state index contributed by atoms with van der Waals surface area (Å²) in [5.41, 5.74) is 3.42. The molecule has 0 amide bonds. The first-order chi connectivity index (χ1) is 12.7. The van der Waals surface area contributed by atoms with E-state index in [-0.39, 0.29) is 6.61 Å². The smallest absolute Gasteiger partial charge is 0.169 e. The predicted molar refractivity (Wildman–Crippen MR) is 102 cm³/mol. The Balaban J connectivity index is 1.40. The zero-order valence-electron chi connectivity index (χ0n) is 15.0. The zero-order valence-corrected chi connectivity index (χ0v) is 15.0. The first kappa shape index (κ1) is 16.8. The summed E-state index contributed by atoms with van der Waals surface area (Å²) in [6, 6.07) is 13.9. The number of piperazine rings is 1. The molecule has 136 valence electrons. The molecule has 0 atom stereocenters. The van der Waals surface area contributed by atoms with E-state index in [0.29, 0.717) is 6.61 Å². The Morgan fingerprint density at radius 2 is 1.81 bits per heavy atom. The summed E-state index contributed by atoms with van der Waals surface area (Å²) in [5.74, 6) is 2.42. The molecule has 2 aliphatic rings. The minimum Gasteiger partial charge on any atom is -0.482 e. The van der Waals surface area contributed by atoms with E-state index in [2.05, 4.69) is 35.1 Å². The van der Waals surface area contributed by atoms with Gasteiger partial charge in [0.25, 0.3) is 0 Å². The average Bonchev–Trinajstić information content (AvgIpc) is 2.69. The van der Waals surface area contributed by atoms with E-state index in [1.54, 1.807) is 0 Å². The van der Waals surface area contributed by atoms with Crippen molar-refractivity contribution in [1.29, 1.82) is 0 Å². The van der Waals surface area contributed by atoms with Crippen LogP contribution in [0, 0.1) is 6.92 Å². The Morgan fingerprint density at radius 1 is 1.04 bits per heavy atom. The summed E-state index contributed by atoms with van der Waals surface area (Å²) in [6.07, 6.45) is 2.07. The maximum atomic E-state index is 9.39. The number of nitrogens with zero attached hydrogens (tertiary/aromatic N) is 2. The van der Waals surface area contributed by atoms with Crippen LogP contribution in [0.25, 0.3) is 0 Å². The first-order valence-electron chi connectivity index (χ1n) is 9.03. The quantitative estimate of drug-likeness (QED) is 0.920. The van der Waals surface area contributed by atoms with Crippen LogP contribution in [-0.4, -0.2) is 42.8 Å². The zero-order chi connectivity index (χ0) is 17.9. The van der Waals surface area contributed by atoms with Gasteiger partial charge in [-0.3, -0.25) is 0 Å². The van der Waals surface area contributed by atoms with E-state index in [1.807, 2.05) is 30.3 Å². The topological polar surface area (TPSA) is 45.2 Å². The molecule has 4 rings (SSSR count). The van der Waals surface area contributed by atoms with E-state index in [0.717, 1.165) is 49.0 Å². The van der Waals surface area contributed by atoms with E-state index in [4.69, 9.17) is 9.47 Å². The summed E-state index contributed by atoms with van der Waals surface area (Å²) in [7, 11) is 0. The van der Waals surface area contributed by atoms with E-state index >= 15 is 0 Å². The fraction of sp³-hybridized carbons (Fsp3) is 0.333. The first-order valence-corrected chi connectivity index (χ1v) is 9.03. The van der Waals surface area contributed by atoms with Crippen LogP contribution < -0.4 is 14.4 Å². The highest BCUT2D eigenvalue weighted by molar-refractivity contribution is 5.55. The molecule has 0 aliphatic carbocycles. The predicted octanol–water partition coefficient (Wildman–Crippen LogP) is 2.92. The molecule has 2 heterocycles. The number of para-hydroxylation sites is 2. The Morgan fingerprint density at radius 3 is 2.58 bits per heavy atom. The van der Waals surface area contributed by atoms with Gasteiger partial charge in [0.15, 0.2) is 17.3 Å². The van der Waals surface area contributed by atoms with E-state index < -0.39 is 0 Å². The third-order valence-electron chi connectivity index (χ3n) is 4.90. The lowest BCUT2D eigenvalue weighted by atomic mass is 10.1. The van der Waals surface area contributed by atoms with Crippen molar-refractivity contribution in [1.82, 2.24) is 4.90 Å². The van der Waals surface area contributed by atoms with E-state index in [1.165, 1.54) is 11.3 Å². The molecule has 0 bridgehead atoms. The van der Waals surface area contributed by atoms with Gasteiger partial charge < -0.3 is 24.4 Å². The molecule has 1 saturated heterocycles. The lowest BCUT2D eigenvalue weighted by Crippen LogP contribution is -2.44. The second-order valence-corrected chi connectivity index (χ2v) is 6.73. The van der Waals surface area contributed by atoms with Crippen molar-refractivity contribution >= 4 is 5.69 Å². The van der Waals surface area contributed by atoms with Gasteiger partial charge in [-0.15, -0.1) is 0 Å². The minimum atomic E-state index is 0.0815.